The first-order valence-corrected chi connectivity index (χ1v) is 8.71. The smallest absolute Gasteiger partial charge is 0.128 e. The van der Waals surface area contributed by atoms with Gasteiger partial charge in [0.15, 0.2) is 0 Å². The van der Waals surface area contributed by atoms with Gasteiger partial charge in [0.1, 0.15) is 5.82 Å². The van der Waals surface area contributed by atoms with Crippen LogP contribution in [0.1, 0.15) is 24.1 Å². The monoisotopic (exact) mass is 365 g/mol. The predicted octanol–water partition coefficient (Wildman–Crippen LogP) is 4.18. The van der Waals surface area contributed by atoms with Crippen LogP contribution >= 0.6 is 27.7 Å². The van der Waals surface area contributed by atoms with Crippen molar-refractivity contribution in [2.45, 2.75) is 24.8 Å². The van der Waals surface area contributed by atoms with Gasteiger partial charge in [-0.1, -0.05) is 22.9 Å². The van der Waals surface area contributed by atoms with Gasteiger partial charge in [0.2, 0.25) is 0 Å². The molecule has 3 nitrogen and oxygen atoms in total. The molecule has 1 aromatic carbocycles. The van der Waals surface area contributed by atoms with E-state index in [1.165, 1.54) is 4.90 Å². The SMILES string of the molecule is CCNC(CSc1ccc(Br)cc1)c1cc(C)cnc1N. The number of hydrogen-bond acceptors (Lipinski definition) is 4. The highest BCUT2D eigenvalue weighted by Crippen LogP contribution is 2.28. The zero-order valence-corrected chi connectivity index (χ0v) is 14.7. The number of nitrogens with zero attached hydrogens (tertiary/aromatic N) is 1. The molecule has 0 saturated heterocycles. The Bertz CT molecular complexity index is 587. The number of nitrogen functional groups attached to an aromatic ring is 1. The summed E-state index contributed by atoms with van der Waals surface area (Å²) >= 11 is 5.28. The Morgan fingerprint density at radius 1 is 1.33 bits per heavy atom. The molecule has 1 unspecified atom stereocenters. The van der Waals surface area contributed by atoms with Crippen LogP contribution < -0.4 is 11.1 Å². The highest BCUT2D eigenvalue weighted by molar-refractivity contribution is 9.10. The molecule has 0 aliphatic carbocycles. The van der Waals surface area contributed by atoms with Crippen LogP contribution in [-0.4, -0.2) is 17.3 Å². The highest BCUT2D eigenvalue weighted by atomic mass is 79.9. The number of aryl methyl sites for hydroxylation is 1. The molecule has 1 atom stereocenters. The van der Waals surface area contributed by atoms with E-state index in [1.54, 1.807) is 0 Å². The quantitative estimate of drug-likeness (QED) is 0.753. The Morgan fingerprint density at radius 2 is 2.05 bits per heavy atom. The zero-order valence-electron chi connectivity index (χ0n) is 12.3. The Kier molecular flexibility index (Phi) is 6.08. The maximum atomic E-state index is 6.04. The lowest BCUT2D eigenvalue weighted by Crippen LogP contribution is -2.24. The molecular formula is C16H20BrN3S. The van der Waals surface area contributed by atoms with E-state index >= 15 is 0 Å². The molecule has 0 radical (unpaired) electrons. The van der Waals surface area contributed by atoms with Crippen LogP contribution in [-0.2, 0) is 0 Å². The fourth-order valence-corrected chi connectivity index (χ4v) is 3.35. The van der Waals surface area contributed by atoms with E-state index in [1.807, 2.05) is 24.9 Å². The van der Waals surface area contributed by atoms with Crippen LogP contribution in [0, 0.1) is 6.92 Å². The minimum Gasteiger partial charge on any atom is -0.383 e. The number of hydrogen-bond donors (Lipinski definition) is 2. The van der Waals surface area contributed by atoms with Crippen LogP contribution in [0.25, 0.3) is 0 Å². The molecule has 21 heavy (non-hydrogen) atoms. The lowest BCUT2D eigenvalue weighted by molar-refractivity contribution is 0.605. The van der Waals surface area contributed by atoms with Crippen molar-refractivity contribution >= 4 is 33.5 Å². The maximum Gasteiger partial charge on any atom is 0.128 e. The van der Waals surface area contributed by atoms with Gasteiger partial charge in [-0.25, -0.2) is 4.98 Å². The van der Waals surface area contributed by atoms with Crippen molar-refractivity contribution in [3.63, 3.8) is 0 Å². The maximum absolute atomic E-state index is 6.04. The molecular weight excluding hydrogens is 346 g/mol. The largest absolute Gasteiger partial charge is 0.383 e. The second-order valence-electron chi connectivity index (χ2n) is 4.86. The number of thioether (sulfide) groups is 1. The Balaban J connectivity index is 2.11. The van der Waals surface area contributed by atoms with Gasteiger partial charge >= 0.3 is 0 Å². The molecule has 0 aliphatic rings. The van der Waals surface area contributed by atoms with Crippen LogP contribution in [0.4, 0.5) is 5.82 Å². The summed E-state index contributed by atoms with van der Waals surface area (Å²) in [6.45, 7) is 5.05. The van der Waals surface area contributed by atoms with Crippen molar-refractivity contribution in [1.82, 2.24) is 10.3 Å². The van der Waals surface area contributed by atoms with Crippen molar-refractivity contribution in [3.8, 4) is 0 Å². The summed E-state index contributed by atoms with van der Waals surface area (Å²) in [5.41, 5.74) is 8.26. The van der Waals surface area contributed by atoms with Crippen LogP contribution in [0.15, 0.2) is 45.9 Å². The van der Waals surface area contributed by atoms with E-state index in [0.717, 1.165) is 27.9 Å². The number of pyridine rings is 1. The minimum absolute atomic E-state index is 0.205. The summed E-state index contributed by atoms with van der Waals surface area (Å²) in [6, 6.07) is 10.7. The molecule has 0 aliphatic heterocycles. The van der Waals surface area contributed by atoms with Crippen molar-refractivity contribution in [2.75, 3.05) is 18.0 Å². The van der Waals surface area contributed by atoms with Gasteiger partial charge in [0.05, 0.1) is 0 Å². The highest BCUT2D eigenvalue weighted by Gasteiger charge is 2.15. The number of rotatable bonds is 6. The van der Waals surface area contributed by atoms with Gasteiger partial charge in [-0.2, -0.15) is 0 Å². The molecule has 112 valence electrons. The second kappa shape index (κ2) is 7.82. The number of aromatic nitrogens is 1. The van der Waals surface area contributed by atoms with E-state index in [-0.39, 0.29) is 6.04 Å². The van der Waals surface area contributed by atoms with Crippen LogP contribution in [0.3, 0.4) is 0 Å². The van der Waals surface area contributed by atoms with E-state index in [9.17, 15) is 0 Å². The average molecular weight is 366 g/mol. The van der Waals surface area contributed by atoms with E-state index < -0.39 is 0 Å². The molecule has 1 heterocycles. The van der Waals surface area contributed by atoms with Gasteiger partial charge < -0.3 is 11.1 Å². The molecule has 0 fully saturated rings. The third-order valence-corrected chi connectivity index (χ3v) is 4.78. The second-order valence-corrected chi connectivity index (χ2v) is 6.87. The number of nitrogens with one attached hydrogen (secondary N) is 1. The fraction of sp³-hybridized carbons (Fsp3) is 0.312. The first kappa shape index (κ1) is 16.3. The summed E-state index contributed by atoms with van der Waals surface area (Å²) in [5.74, 6) is 1.54. The molecule has 3 N–H and O–H groups in total. The zero-order chi connectivity index (χ0) is 15.2. The van der Waals surface area contributed by atoms with Gasteiger partial charge in [0, 0.05) is 32.9 Å². The summed E-state index contributed by atoms with van der Waals surface area (Å²) < 4.78 is 1.10. The third kappa shape index (κ3) is 4.73. The first-order chi connectivity index (χ1) is 10.1. The molecule has 2 rings (SSSR count). The van der Waals surface area contributed by atoms with Crippen molar-refractivity contribution in [3.05, 3.63) is 52.1 Å². The van der Waals surface area contributed by atoms with Crippen LogP contribution in [0.5, 0.6) is 0 Å². The Morgan fingerprint density at radius 3 is 2.71 bits per heavy atom. The van der Waals surface area contributed by atoms with Gasteiger partial charge in [-0.15, -0.1) is 11.8 Å². The van der Waals surface area contributed by atoms with E-state index in [4.69, 9.17) is 5.73 Å². The number of benzene rings is 1. The van der Waals surface area contributed by atoms with Gasteiger partial charge in [-0.05, 0) is 49.4 Å². The lowest BCUT2D eigenvalue weighted by Gasteiger charge is -2.19. The minimum atomic E-state index is 0.205. The van der Waals surface area contributed by atoms with E-state index in [0.29, 0.717) is 5.82 Å². The summed E-state index contributed by atoms with van der Waals surface area (Å²) in [6.07, 6.45) is 1.81. The summed E-state index contributed by atoms with van der Waals surface area (Å²) in [7, 11) is 0. The molecule has 0 spiro atoms. The first-order valence-electron chi connectivity index (χ1n) is 6.94. The lowest BCUT2D eigenvalue weighted by atomic mass is 10.1. The fourth-order valence-electron chi connectivity index (χ4n) is 2.10. The van der Waals surface area contributed by atoms with E-state index in [2.05, 4.69) is 63.5 Å². The van der Waals surface area contributed by atoms with Gasteiger partial charge in [-0.3, -0.25) is 0 Å². The Hall–Kier alpha value is -1.04. The molecule has 0 bridgehead atoms. The standard InChI is InChI=1S/C16H20BrN3S/c1-3-19-15(14-8-11(2)9-20-16(14)18)10-21-13-6-4-12(17)5-7-13/h4-9,15,19H,3,10H2,1-2H3,(H2,18,20). The summed E-state index contributed by atoms with van der Waals surface area (Å²) in [4.78, 5) is 5.52. The van der Waals surface area contributed by atoms with Crippen molar-refractivity contribution < 1.29 is 0 Å². The van der Waals surface area contributed by atoms with Crippen molar-refractivity contribution in [1.29, 1.82) is 0 Å². The molecule has 0 amide bonds. The molecule has 5 heteroatoms. The predicted molar refractivity (Wildman–Crippen MR) is 94.7 cm³/mol. The number of anilines is 1. The third-order valence-electron chi connectivity index (χ3n) is 3.14. The molecule has 0 saturated carbocycles. The normalized spacial score (nSPS) is 12.3. The van der Waals surface area contributed by atoms with Gasteiger partial charge in [0.25, 0.3) is 0 Å². The number of nitrogens with two attached hydrogens (primary N) is 1. The topological polar surface area (TPSA) is 50.9 Å². The van der Waals surface area contributed by atoms with Crippen molar-refractivity contribution in [2.24, 2.45) is 0 Å². The average Bonchev–Trinajstić information content (AvgIpc) is 2.48. The summed E-state index contributed by atoms with van der Waals surface area (Å²) in [5, 5.41) is 3.50. The Labute approximate surface area is 138 Å². The molecule has 2 aromatic rings. The number of halogens is 1. The molecule has 1 aromatic heterocycles. The van der Waals surface area contributed by atoms with Crippen LogP contribution in [0.2, 0.25) is 0 Å².